The van der Waals surface area contributed by atoms with Crippen LogP contribution in [-0.4, -0.2) is 23.3 Å². The van der Waals surface area contributed by atoms with E-state index >= 15 is 0 Å². The van der Waals surface area contributed by atoms with Crippen LogP contribution in [0, 0.1) is 0 Å². The Hall–Kier alpha value is -3.47. The van der Waals surface area contributed by atoms with E-state index < -0.39 is 18.3 Å². The van der Waals surface area contributed by atoms with Gasteiger partial charge in [0.25, 0.3) is 0 Å². The number of benzene rings is 4. The summed E-state index contributed by atoms with van der Waals surface area (Å²) in [6.07, 6.45) is 1.88. The minimum Gasteiger partial charge on any atom is -0.399 e. The molecule has 1 aromatic heterocycles. The normalized spacial score (nSPS) is 16.7. The molecule has 4 heteroatoms. The van der Waals surface area contributed by atoms with Crippen LogP contribution in [0.4, 0.5) is 0 Å². The molecule has 1 aliphatic heterocycles. The number of pyridine rings is 1. The fourth-order valence-electron chi connectivity index (χ4n) is 5.00. The Morgan fingerprint density at radius 1 is 0.629 bits per heavy atom. The van der Waals surface area contributed by atoms with Crippen LogP contribution < -0.4 is 5.46 Å². The average molecular weight is 457 g/mol. The molecule has 0 unspecified atom stereocenters. The number of hydrogen-bond donors (Lipinski definition) is 0. The second-order valence-corrected chi connectivity index (χ2v) is 10.3. The second kappa shape index (κ2) is 8.05. The lowest BCUT2D eigenvalue weighted by Gasteiger charge is -2.32. The third-order valence-electron chi connectivity index (χ3n) is 7.59. The van der Waals surface area contributed by atoms with Crippen LogP contribution in [0.3, 0.4) is 0 Å². The van der Waals surface area contributed by atoms with E-state index in [4.69, 9.17) is 14.3 Å². The largest absolute Gasteiger partial charge is 0.495 e. The van der Waals surface area contributed by atoms with Gasteiger partial charge in [0.1, 0.15) is 0 Å². The van der Waals surface area contributed by atoms with Crippen molar-refractivity contribution in [3.63, 3.8) is 0 Å². The molecular formula is C31H28BNO2. The molecule has 0 N–H and O–H groups in total. The summed E-state index contributed by atoms with van der Waals surface area (Å²) in [6.45, 7) is 8.39. The van der Waals surface area contributed by atoms with Crippen molar-refractivity contribution in [3.05, 3.63) is 97.2 Å². The number of hydrogen-bond acceptors (Lipinski definition) is 3. The first-order valence-corrected chi connectivity index (χ1v) is 12.2. The Labute approximate surface area is 206 Å². The minimum atomic E-state index is -0.466. The standard InChI is InChI=1S/C31H28BNO2/c1-30(2)31(3,4)35-32(34-30)27-19-16-22-13-8-9-14-24(22)28(27)26-18-17-23(21-11-6-5-7-12-21)25-15-10-20-33-29(25)26/h5-20H,1-4H3. The van der Waals surface area contributed by atoms with Crippen molar-refractivity contribution in [2.24, 2.45) is 0 Å². The fourth-order valence-corrected chi connectivity index (χ4v) is 5.00. The number of aromatic nitrogens is 1. The van der Waals surface area contributed by atoms with Crippen molar-refractivity contribution in [1.29, 1.82) is 0 Å². The molecule has 0 bridgehead atoms. The van der Waals surface area contributed by atoms with Gasteiger partial charge in [-0.3, -0.25) is 4.98 Å². The van der Waals surface area contributed by atoms with Gasteiger partial charge in [-0.25, -0.2) is 0 Å². The maximum absolute atomic E-state index is 6.52. The van der Waals surface area contributed by atoms with Crippen LogP contribution in [-0.2, 0) is 9.31 Å². The summed E-state index contributed by atoms with van der Waals surface area (Å²) in [5.41, 5.74) is 5.73. The summed E-state index contributed by atoms with van der Waals surface area (Å²) >= 11 is 0. The zero-order valence-corrected chi connectivity index (χ0v) is 20.6. The molecule has 0 spiro atoms. The van der Waals surface area contributed by atoms with Crippen LogP contribution in [0.15, 0.2) is 97.2 Å². The highest BCUT2D eigenvalue weighted by Crippen LogP contribution is 2.40. The Kier molecular flexibility index (Phi) is 5.06. The molecule has 2 heterocycles. The van der Waals surface area contributed by atoms with Crippen molar-refractivity contribution in [3.8, 4) is 22.3 Å². The Morgan fingerprint density at radius 3 is 2.06 bits per heavy atom. The summed E-state index contributed by atoms with van der Waals surface area (Å²) in [5.74, 6) is 0. The Bertz CT molecular complexity index is 1540. The molecule has 3 nitrogen and oxygen atoms in total. The lowest BCUT2D eigenvalue weighted by molar-refractivity contribution is 0.00578. The number of fused-ring (bicyclic) bond motifs is 2. The highest BCUT2D eigenvalue weighted by molar-refractivity contribution is 6.64. The first kappa shape index (κ1) is 22.0. The molecule has 4 aromatic carbocycles. The fraction of sp³-hybridized carbons (Fsp3) is 0.194. The van der Waals surface area contributed by atoms with Crippen LogP contribution in [0.1, 0.15) is 27.7 Å². The number of nitrogens with zero attached hydrogens (tertiary/aromatic N) is 1. The van der Waals surface area contributed by atoms with Gasteiger partial charge in [0.05, 0.1) is 16.7 Å². The van der Waals surface area contributed by atoms with Crippen molar-refractivity contribution in [2.45, 2.75) is 38.9 Å². The molecule has 1 aliphatic rings. The monoisotopic (exact) mass is 457 g/mol. The molecule has 1 saturated heterocycles. The summed E-state index contributed by atoms with van der Waals surface area (Å²) < 4.78 is 13.0. The molecule has 1 fully saturated rings. The van der Waals surface area contributed by atoms with Gasteiger partial charge in [-0.2, -0.15) is 0 Å². The number of rotatable bonds is 3. The summed E-state index contributed by atoms with van der Waals surface area (Å²) in [6, 6.07) is 31.9. The Balaban J connectivity index is 1.64. The highest BCUT2D eigenvalue weighted by atomic mass is 16.7. The third-order valence-corrected chi connectivity index (χ3v) is 7.59. The molecule has 0 aliphatic carbocycles. The van der Waals surface area contributed by atoms with E-state index in [0.717, 1.165) is 27.5 Å². The van der Waals surface area contributed by atoms with E-state index in [0.29, 0.717) is 0 Å². The van der Waals surface area contributed by atoms with Crippen molar-refractivity contribution < 1.29 is 9.31 Å². The van der Waals surface area contributed by atoms with Crippen molar-refractivity contribution in [1.82, 2.24) is 4.98 Å². The average Bonchev–Trinajstić information content (AvgIpc) is 3.09. The quantitative estimate of drug-likeness (QED) is 0.273. The van der Waals surface area contributed by atoms with Gasteiger partial charge in [-0.1, -0.05) is 84.9 Å². The summed E-state index contributed by atoms with van der Waals surface area (Å²) in [4.78, 5) is 4.89. The minimum absolute atomic E-state index is 0.419. The summed E-state index contributed by atoms with van der Waals surface area (Å²) in [5, 5.41) is 3.47. The second-order valence-electron chi connectivity index (χ2n) is 10.3. The van der Waals surface area contributed by atoms with Crippen molar-refractivity contribution in [2.75, 3.05) is 0 Å². The van der Waals surface area contributed by atoms with E-state index in [-0.39, 0.29) is 0 Å². The van der Waals surface area contributed by atoms with Crippen molar-refractivity contribution >= 4 is 34.3 Å². The Morgan fingerprint density at radius 2 is 1.29 bits per heavy atom. The predicted molar refractivity (Wildman–Crippen MR) is 146 cm³/mol. The first-order chi connectivity index (χ1) is 16.9. The van der Waals surface area contributed by atoms with Gasteiger partial charge >= 0.3 is 7.12 Å². The first-order valence-electron chi connectivity index (χ1n) is 12.2. The molecule has 35 heavy (non-hydrogen) atoms. The van der Waals surface area contributed by atoms with E-state index in [1.165, 1.54) is 21.9 Å². The van der Waals surface area contributed by atoms with Crippen LogP contribution in [0.25, 0.3) is 43.9 Å². The van der Waals surface area contributed by atoms with E-state index in [1.54, 1.807) is 0 Å². The van der Waals surface area contributed by atoms with E-state index in [2.05, 4.69) is 107 Å². The predicted octanol–water partition coefficient (Wildman–Crippen LogP) is 7.02. The zero-order valence-electron chi connectivity index (χ0n) is 20.6. The van der Waals surface area contributed by atoms with E-state index in [9.17, 15) is 0 Å². The maximum atomic E-state index is 6.52. The van der Waals surface area contributed by atoms with E-state index in [1.807, 2.05) is 18.3 Å². The van der Waals surface area contributed by atoms with Gasteiger partial charge in [-0.15, -0.1) is 0 Å². The molecule has 6 rings (SSSR count). The lowest BCUT2D eigenvalue weighted by Crippen LogP contribution is -2.41. The van der Waals surface area contributed by atoms with Gasteiger partial charge in [0.15, 0.2) is 0 Å². The van der Waals surface area contributed by atoms with Gasteiger partial charge < -0.3 is 9.31 Å². The van der Waals surface area contributed by atoms with Gasteiger partial charge in [0.2, 0.25) is 0 Å². The lowest BCUT2D eigenvalue weighted by atomic mass is 9.72. The zero-order chi connectivity index (χ0) is 24.2. The molecule has 0 atom stereocenters. The van der Waals surface area contributed by atoms with Crippen LogP contribution in [0.2, 0.25) is 0 Å². The molecule has 0 saturated carbocycles. The maximum Gasteiger partial charge on any atom is 0.495 e. The van der Waals surface area contributed by atoms with Gasteiger partial charge in [-0.05, 0) is 66.7 Å². The third kappa shape index (κ3) is 3.56. The molecule has 0 amide bonds. The van der Waals surface area contributed by atoms with Gasteiger partial charge in [0, 0.05) is 17.1 Å². The molecule has 0 radical (unpaired) electrons. The van der Waals surface area contributed by atoms with Crippen LogP contribution in [0.5, 0.6) is 0 Å². The topological polar surface area (TPSA) is 31.4 Å². The molecular weight excluding hydrogens is 429 g/mol. The highest BCUT2D eigenvalue weighted by Gasteiger charge is 2.52. The SMILES string of the molecule is CC1(C)OB(c2ccc3ccccc3c2-c2ccc(-c3ccccc3)c3cccnc23)OC1(C)C. The van der Waals surface area contributed by atoms with Crippen LogP contribution >= 0.6 is 0 Å². The summed E-state index contributed by atoms with van der Waals surface area (Å²) in [7, 11) is -0.466. The molecule has 172 valence electrons. The molecule has 5 aromatic rings. The smallest absolute Gasteiger partial charge is 0.399 e.